The molecule has 1 aliphatic rings. The van der Waals surface area contributed by atoms with Crippen LogP contribution < -0.4 is 15.4 Å². The molecule has 186 valence electrons. The van der Waals surface area contributed by atoms with E-state index in [4.69, 9.17) is 16.3 Å². The van der Waals surface area contributed by atoms with Gasteiger partial charge >= 0.3 is 6.03 Å². The molecule has 9 heteroatoms. The maximum atomic E-state index is 13.7. The van der Waals surface area contributed by atoms with E-state index in [1.807, 2.05) is 17.0 Å². The number of benzene rings is 2. The molecule has 1 saturated heterocycles. The lowest BCUT2D eigenvalue weighted by atomic mass is 10.0. The van der Waals surface area contributed by atoms with E-state index in [-0.39, 0.29) is 13.2 Å². The molecule has 1 heterocycles. The molecule has 0 radical (unpaired) electrons. The van der Waals surface area contributed by atoms with Gasteiger partial charge in [0.25, 0.3) is 0 Å². The molecule has 3 atom stereocenters. The summed E-state index contributed by atoms with van der Waals surface area (Å²) in [7, 11) is 0. The molecule has 0 aliphatic carbocycles. The van der Waals surface area contributed by atoms with E-state index in [1.54, 1.807) is 36.4 Å². The molecule has 1 fully saturated rings. The number of hydrogen-bond donors (Lipinski definition) is 3. The van der Waals surface area contributed by atoms with Crippen LogP contribution in [0.2, 0.25) is 5.02 Å². The number of ether oxygens (including phenoxy) is 1. The van der Waals surface area contributed by atoms with E-state index in [2.05, 4.69) is 10.6 Å². The molecule has 6 nitrogen and oxygen atoms in total. The van der Waals surface area contributed by atoms with Crippen molar-refractivity contribution in [2.45, 2.75) is 44.1 Å². The van der Waals surface area contributed by atoms with Gasteiger partial charge in [-0.05, 0) is 54.7 Å². The highest BCUT2D eigenvalue weighted by Crippen LogP contribution is 2.23. The molecule has 2 aromatic rings. The standard InChI is InChI=1S/C25H32ClF2N3O3/c26-20-7-3-18(4-8-20)15-29-25(33)30-23(17-31-13-11-21(28)16-31)24(32)19-5-9-22(10-6-19)34-14-2-1-12-27/h3-10,21,23-24,32H,1-2,11-17H2,(H2,29,30,33)/t21-,23-,24-/m1/s1. The molecule has 0 bridgehead atoms. The number of rotatable bonds is 12. The van der Waals surface area contributed by atoms with Crippen molar-refractivity contribution < 1.29 is 23.4 Å². The summed E-state index contributed by atoms with van der Waals surface area (Å²) in [5.74, 6) is 0.625. The molecule has 1 aliphatic heterocycles. The topological polar surface area (TPSA) is 73.8 Å². The zero-order valence-electron chi connectivity index (χ0n) is 19.1. The average Bonchev–Trinajstić information content (AvgIpc) is 3.25. The van der Waals surface area contributed by atoms with E-state index in [9.17, 15) is 18.7 Å². The maximum absolute atomic E-state index is 13.7. The van der Waals surface area contributed by atoms with Gasteiger partial charge in [0.2, 0.25) is 0 Å². The van der Waals surface area contributed by atoms with Crippen LogP contribution in [0.15, 0.2) is 48.5 Å². The van der Waals surface area contributed by atoms with Crippen molar-refractivity contribution in [1.29, 1.82) is 0 Å². The van der Waals surface area contributed by atoms with Gasteiger partial charge in [0, 0.05) is 31.2 Å². The van der Waals surface area contributed by atoms with Crippen LogP contribution in [0.1, 0.15) is 36.5 Å². The molecule has 34 heavy (non-hydrogen) atoms. The SMILES string of the molecule is O=C(NCc1ccc(Cl)cc1)N[C@H](CN1CC[C@@H](F)C1)[C@H](O)c1ccc(OCCCCF)cc1. The van der Waals surface area contributed by atoms with Crippen LogP contribution in [0.3, 0.4) is 0 Å². The lowest BCUT2D eigenvalue weighted by Gasteiger charge is -2.29. The third-order valence-electron chi connectivity index (χ3n) is 5.75. The number of carbonyl (C=O) groups is 1. The highest BCUT2D eigenvalue weighted by molar-refractivity contribution is 6.30. The summed E-state index contributed by atoms with van der Waals surface area (Å²) in [5, 5.41) is 17.3. The van der Waals surface area contributed by atoms with Gasteiger partial charge in [-0.1, -0.05) is 35.9 Å². The zero-order chi connectivity index (χ0) is 24.3. The van der Waals surface area contributed by atoms with E-state index >= 15 is 0 Å². The average molecular weight is 496 g/mol. The predicted octanol–water partition coefficient (Wildman–Crippen LogP) is 4.41. The summed E-state index contributed by atoms with van der Waals surface area (Å²) in [6, 6.07) is 13.0. The fraction of sp³-hybridized carbons (Fsp3) is 0.480. The Hall–Kier alpha value is -2.42. The second kappa shape index (κ2) is 13.5. The van der Waals surface area contributed by atoms with Gasteiger partial charge in [-0.25, -0.2) is 9.18 Å². The van der Waals surface area contributed by atoms with Crippen molar-refractivity contribution in [2.75, 3.05) is 32.9 Å². The molecular formula is C25H32ClF2N3O3. The number of hydrogen-bond acceptors (Lipinski definition) is 4. The van der Waals surface area contributed by atoms with Gasteiger partial charge in [0.15, 0.2) is 0 Å². The lowest BCUT2D eigenvalue weighted by Crippen LogP contribution is -2.50. The quantitative estimate of drug-likeness (QED) is 0.381. The highest BCUT2D eigenvalue weighted by atomic mass is 35.5. The second-order valence-corrected chi connectivity index (χ2v) is 8.90. The molecule has 2 amide bonds. The number of halogens is 3. The first-order valence-electron chi connectivity index (χ1n) is 11.6. The Kier molecular flexibility index (Phi) is 10.4. The zero-order valence-corrected chi connectivity index (χ0v) is 19.8. The normalized spacial score (nSPS) is 17.8. The molecular weight excluding hydrogens is 464 g/mol. The first-order valence-corrected chi connectivity index (χ1v) is 11.9. The van der Waals surface area contributed by atoms with Gasteiger partial charge in [-0.3, -0.25) is 9.29 Å². The third kappa shape index (κ3) is 8.42. The van der Waals surface area contributed by atoms with Crippen LogP contribution in [0.4, 0.5) is 13.6 Å². The number of unbranched alkanes of at least 4 members (excludes halogenated alkanes) is 1. The number of urea groups is 1. The van der Waals surface area contributed by atoms with Gasteiger partial charge in [-0.2, -0.15) is 0 Å². The van der Waals surface area contributed by atoms with Crippen LogP contribution >= 0.6 is 11.6 Å². The number of carbonyl (C=O) groups excluding carboxylic acids is 1. The number of aliphatic hydroxyl groups excluding tert-OH is 1. The first-order chi connectivity index (χ1) is 16.4. The molecule has 3 rings (SSSR count). The molecule has 0 spiro atoms. The second-order valence-electron chi connectivity index (χ2n) is 8.46. The summed E-state index contributed by atoms with van der Waals surface area (Å²) in [5.41, 5.74) is 1.49. The van der Waals surface area contributed by atoms with E-state index < -0.39 is 24.3 Å². The van der Waals surface area contributed by atoms with Gasteiger partial charge in [0.05, 0.1) is 19.3 Å². The minimum atomic E-state index is -1.000. The molecule has 3 N–H and O–H groups in total. The van der Waals surface area contributed by atoms with Gasteiger partial charge in [0.1, 0.15) is 18.0 Å². The molecule has 2 aromatic carbocycles. The van der Waals surface area contributed by atoms with Crippen molar-refractivity contribution in [1.82, 2.24) is 15.5 Å². The van der Waals surface area contributed by atoms with Crippen LogP contribution in [0.25, 0.3) is 0 Å². The van der Waals surface area contributed by atoms with Crippen molar-refractivity contribution in [3.8, 4) is 5.75 Å². The Morgan fingerprint density at radius 2 is 1.91 bits per heavy atom. The fourth-order valence-corrected chi connectivity index (χ4v) is 3.96. The molecule has 0 aromatic heterocycles. The summed E-state index contributed by atoms with van der Waals surface area (Å²) in [6.45, 7) is 1.53. The Morgan fingerprint density at radius 3 is 2.56 bits per heavy atom. The Labute approximate surface area is 204 Å². The van der Waals surface area contributed by atoms with E-state index in [0.717, 1.165) is 5.56 Å². The molecule has 0 unspecified atom stereocenters. The summed E-state index contributed by atoms with van der Waals surface area (Å²) < 4.78 is 31.5. The number of alkyl halides is 2. The maximum Gasteiger partial charge on any atom is 0.315 e. The molecule has 0 saturated carbocycles. The number of likely N-dealkylation sites (tertiary alicyclic amines) is 1. The summed E-state index contributed by atoms with van der Waals surface area (Å²) >= 11 is 5.89. The largest absolute Gasteiger partial charge is 0.494 e. The van der Waals surface area contributed by atoms with Crippen molar-refractivity contribution in [3.63, 3.8) is 0 Å². The monoisotopic (exact) mass is 495 g/mol. The first kappa shape index (κ1) is 26.2. The van der Waals surface area contributed by atoms with Crippen LogP contribution in [-0.4, -0.2) is 61.2 Å². The number of nitrogens with one attached hydrogen (secondary N) is 2. The smallest absolute Gasteiger partial charge is 0.315 e. The van der Waals surface area contributed by atoms with E-state index in [1.165, 1.54) is 0 Å². The number of nitrogens with zero attached hydrogens (tertiary/aromatic N) is 1. The van der Waals surface area contributed by atoms with Crippen LogP contribution in [0.5, 0.6) is 5.75 Å². The minimum absolute atomic E-state index is 0.281. The predicted molar refractivity (Wildman–Crippen MR) is 129 cm³/mol. The van der Waals surface area contributed by atoms with Gasteiger partial charge < -0.3 is 20.5 Å². The highest BCUT2D eigenvalue weighted by Gasteiger charge is 2.29. The van der Waals surface area contributed by atoms with Crippen molar-refractivity contribution in [2.24, 2.45) is 0 Å². The van der Waals surface area contributed by atoms with Crippen LogP contribution in [0, 0.1) is 0 Å². The van der Waals surface area contributed by atoms with Crippen molar-refractivity contribution in [3.05, 3.63) is 64.7 Å². The number of aliphatic hydroxyl groups is 1. The summed E-state index contributed by atoms with van der Waals surface area (Å²) in [4.78, 5) is 14.5. The lowest BCUT2D eigenvalue weighted by molar-refractivity contribution is 0.108. The fourth-order valence-electron chi connectivity index (χ4n) is 3.84. The Balaban J connectivity index is 1.60. The van der Waals surface area contributed by atoms with Crippen molar-refractivity contribution >= 4 is 17.6 Å². The minimum Gasteiger partial charge on any atom is -0.494 e. The van der Waals surface area contributed by atoms with Gasteiger partial charge in [-0.15, -0.1) is 0 Å². The van der Waals surface area contributed by atoms with Crippen LogP contribution in [-0.2, 0) is 6.54 Å². The number of amides is 2. The Bertz CT molecular complexity index is 886. The van der Waals surface area contributed by atoms with E-state index in [0.29, 0.717) is 61.8 Å². The Morgan fingerprint density at radius 1 is 1.18 bits per heavy atom. The third-order valence-corrected chi connectivity index (χ3v) is 6.00. The summed E-state index contributed by atoms with van der Waals surface area (Å²) in [6.07, 6.45) is -0.366.